The van der Waals surface area contributed by atoms with Crippen molar-refractivity contribution >= 4 is 55.0 Å². The molecule has 0 fully saturated rings. The smallest absolute Gasteiger partial charge is 0.302 e. The lowest BCUT2D eigenvalue weighted by atomic mass is 9.78. The minimum Gasteiger partial charge on any atom is -0.464 e. The number of hydrogen-bond acceptors (Lipinski definition) is 9. The van der Waals surface area contributed by atoms with Crippen LogP contribution in [0.15, 0.2) is 155 Å². The Labute approximate surface area is 401 Å². The van der Waals surface area contributed by atoms with Gasteiger partial charge in [-0.15, -0.1) is 0 Å². The van der Waals surface area contributed by atoms with Crippen LogP contribution in [0.5, 0.6) is 0 Å². The lowest BCUT2D eigenvalue weighted by Gasteiger charge is -2.38. The van der Waals surface area contributed by atoms with Crippen molar-refractivity contribution in [1.82, 2.24) is 4.90 Å². The molecule has 2 heterocycles. The molecule has 2 unspecified atom stereocenters. The van der Waals surface area contributed by atoms with Crippen molar-refractivity contribution in [3.8, 4) is 0 Å². The molecule has 10 nitrogen and oxygen atoms in total. The van der Waals surface area contributed by atoms with Gasteiger partial charge < -0.3 is 24.2 Å². The van der Waals surface area contributed by atoms with E-state index in [0.29, 0.717) is 25.1 Å². The zero-order chi connectivity index (χ0) is 48.0. The average molecular weight is 934 g/mol. The third-order valence-electron chi connectivity index (χ3n) is 14.6. The van der Waals surface area contributed by atoms with Gasteiger partial charge in [-0.25, -0.2) is 0 Å². The summed E-state index contributed by atoms with van der Waals surface area (Å²) in [4.78, 5) is 31.2. The molecule has 0 radical (unpaired) electrons. The number of carbonyl (C=O) groups is 2. The zero-order valence-electron chi connectivity index (χ0n) is 40.1. The molecule has 0 saturated carbocycles. The van der Waals surface area contributed by atoms with Crippen molar-refractivity contribution in [1.29, 1.82) is 0 Å². The largest absolute Gasteiger partial charge is 0.464 e. The van der Waals surface area contributed by atoms with E-state index in [9.17, 15) is 22.6 Å². The molecule has 9 rings (SSSR count). The standard InChI is InChI=1S/C57H63N3O7S/c1-38(61)66-35-33-58-49-29-23-40-15-13-14-20-47(40)53(49)56(3,4)51(58)31-25-41-21-22-42(55(41)60(44-16-9-7-10-17-44)45-18-11-8-12-19-45)26-32-52-57(5,6)54-48-28-27-46(68(63,64)65)37-43(48)24-30-50(54)59(52)34-36-67-39(2)62/h7,9-10,13-16,18,20,23-32,37,44,51H,8,11-12,17,19,21-22,33-36H2,1-6H3,(H,63,64,65)/b31-25+,42-26+,52-32+. The molecule has 3 aliphatic carbocycles. The second-order valence-corrected chi connectivity index (χ2v) is 21.1. The first-order valence-electron chi connectivity index (χ1n) is 24.1. The van der Waals surface area contributed by atoms with E-state index in [1.807, 2.05) is 12.1 Å². The number of nitrogens with zero attached hydrogens (tertiary/aromatic N) is 3. The molecule has 4 aromatic rings. The van der Waals surface area contributed by atoms with Gasteiger partial charge in [-0.3, -0.25) is 14.1 Å². The number of anilines is 2. The molecule has 0 amide bonds. The van der Waals surface area contributed by atoms with E-state index in [0.717, 1.165) is 60.9 Å². The quantitative estimate of drug-likeness (QED) is 0.103. The van der Waals surface area contributed by atoms with Crippen LogP contribution >= 0.6 is 0 Å². The number of hydrogen-bond donors (Lipinski definition) is 1. The fraction of sp³-hybridized carbons (Fsp3) is 0.368. The van der Waals surface area contributed by atoms with Gasteiger partial charge in [0.2, 0.25) is 0 Å². The molecule has 4 aromatic carbocycles. The molecular formula is C57H63N3O7S. The molecule has 354 valence electrons. The van der Waals surface area contributed by atoms with E-state index >= 15 is 0 Å². The molecule has 2 atom stereocenters. The average Bonchev–Trinajstić information content (AvgIpc) is 3.88. The van der Waals surface area contributed by atoms with Crippen LogP contribution in [0.1, 0.15) is 97.6 Å². The second kappa shape index (κ2) is 18.7. The molecule has 0 saturated heterocycles. The minimum atomic E-state index is -4.40. The van der Waals surface area contributed by atoms with E-state index in [1.54, 1.807) is 6.07 Å². The highest BCUT2D eigenvalue weighted by molar-refractivity contribution is 7.85. The van der Waals surface area contributed by atoms with Crippen LogP contribution in [0.2, 0.25) is 0 Å². The third kappa shape index (κ3) is 8.87. The van der Waals surface area contributed by atoms with Crippen LogP contribution < -0.4 is 9.80 Å². The van der Waals surface area contributed by atoms with E-state index < -0.39 is 15.5 Å². The Morgan fingerprint density at radius 3 is 2.28 bits per heavy atom. The van der Waals surface area contributed by atoms with E-state index in [-0.39, 0.29) is 40.9 Å². The Hall–Kier alpha value is -6.17. The van der Waals surface area contributed by atoms with Gasteiger partial charge in [0.15, 0.2) is 0 Å². The van der Waals surface area contributed by atoms with Crippen molar-refractivity contribution in [2.75, 3.05) is 36.1 Å². The molecule has 1 N–H and O–H groups in total. The number of benzene rings is 4. The predicted molar refractivity (Wildman–Crippen MR) is 272 cm³/mol. The molecular weight excluding hydrogens is 871 g/mol. The van der Waals surface area contributed by atoms with Crippen molar-refractivity contribution < 1.29 is 32.0 Å². The maximum Gasteiger partial charge on any atom is 0.302 e. The fourth-order valence-corrected chi connectivity index (χ4v) is 12.1. The van der Waals surface area contributed by atoms with Gasteiger partial charge in [-0.1, -0.05) is 119 Å². The van der Waals surface area contributed by atoms with Crippen LogP contribution in [0.4, 0.5) is 11.4 Å². The monoisotopic (exact) mass is 933 g/mol. The Balaban J connectivity index is 1.18. The van der Waals surface area contributed by atoms with Gasteiger partial charge in [0.25, 0.3) is 10.1 Å². The predicted octanol–water partition coefficient (Wildman–Crippen LogP) is 11.7. The van der Waals surface area contributed by atoms with Gasteiger partial charge in [-0.2, -0.15) is 8.42 Å². The number of fused-ring (bicyclic) bond motifs is 6. The highest BCUT2D eigenvalue weighted by atomic mass is 32.2. The Morgan fingerprint density at radius 1 is 0.824 bits per heavy atom. The Kier molecular flexibility index (Phi) is 12.9. The number of rotatable bonds is 13. The number of esters is 2. The maximum absolute atomic E-state index is 12.2. The summed E-state index contributed by atoms with van der Waals surface area (Å²) < 4.78 is 45.4. The molecule has 68 heavy (non-hydrogen) atoms. The maximum atomic E-state index is 12.2. The van der Waals surface area contributed by atoms with Crippen molar-refractivity contribution in [2.24, 2.45) is 0 Å². The highest BCUT2D eigenvalue weighted by Crippen LogP contribution is 2.52. The third-order valence-corrected chi connectivity index (χ3v) is 15.5. The topological polar surface area (TPSA) is 117 Å². The summed E-state index contributed by atoms with van der Waals surface area (Å²) in [6.45, 7) is 13.4. The molecule has 11 heteroatoms. The SMILES string of the molecule is CC(=O)OCCN1/C(=C/C=C2\CCC(/C=C/C3N(CCOC(C)=O)c4ccc5ccccc5c4C3(C)C)=C2N(C2=CCCCC2)C2C=CC=CC2)C(C)(C)c2c1ccc1cc(S(=O)(=O)O)ccc21. The summed E-state index contributed by atoms with van der Waals surface area (Å²) in [6, 6.07) is 21.8. The normalized spacial score (nSPS) is 21.9. The van der Waals surface area contributed by atoms with Crippen LogP contribution in [0, 0.1) is 0 Å². The van der Waals surface area contributed by atoms with Gasteiger partial charge in [-0.05, 0) is 119 Å². The summed E-state index contributed by atoms with van der Waals surface area (Å²) in [6.07, 6.45) is 27.7. The lowest BCUT2D eigenvalue weighted by Crippen LogP contribution is -2.41. The second-order valence-electron chi connectivity index (χ2n) is 19.7. The van der Waals surface area contributed by atoms with Crippen LogP contribution in [0.25, 0.3) is 21.5 Å². The summed E-state index contributed by atoms with van der Waals surface area (Å²) >= 11 is 0. The Bertz CT molecular complexity index is 3020. The first-order valence-corrected chi connectivity index (χ1v) is 25.5. The van der Waals surface area contributed by atoms with Gasteiger partial charge in [0.1, 0.15) is 13.2 Å². The van der Waals surface area contributed by atoms with Crippen molar-refractivity contribution in [2.45, 2.75) is 114 Å². The van der Waals surface area contributed by atoms with Gasteiger partial charge in [0.05, 0.1) is 30.1 Å². The van der Waals surface area contributed by atoms with Crippen LogP contribution in [-0.2, 0) is 40.0 Å². The summed E-state index contributed by atoms with van der Waals surface area (Å²) in [7, 11) is -4.40. The molecule has 2 aliphatic heterocycles. The number of allylic oxidation sites excluding steroid dienone is 10. The lowest BCUT2D eigenvalue weighted by molar-refractivity contribution is -0.141. The van der Waals surface area contributed by atoms with Gasteiger partial charge in [0, 0.05) is 53.1 Å². The zero-order valence-corrected chi connectivity index (χ0v) is 40.9. The van der Waals surface area contributed by atoms with E-state index in [1.165, 1.54) is 77.0 Å². The van der Waals surface area contributed by atoms with E-state index in [2.05, 4.69) is 133 Å². The van der Waals surface area contributed by atoms with Gasteiger partial charge >= 0.3 is 11.9 Å². The molecule has 5 aliphatic rings. The first kappa shape index (κ1) is 46.9. The first-order chi connectivity index (χ1) is 32.6. The molecule has 0 bridgehead atoms. The molecule has 0 aromatic heterocycles. The molecule has 0 spiro atoms. The number of carbonyl (C=O) groups excluding carboxylic acids is 2. The summed E-state index contributed by atoms with van der Waals surface area (Å²) in [5.74, 6) is -0.628. The van der Waals surface area contributed by atoms with Crippen LogP contribution in [0.3, 0.4) is 0 Å². The van der Waals surface area contributed by atoms with E-state index in [4.69, 9.17) is 9.47 Å². The minimum absolute atomic E-state index is 0.0189. The van der Waals surface area contributed by atoms with Crippen molar-refractivity contribution in [3.63, 3.8) is 0 Å². The van der Waals surface area contributed by atoms with Crippen LogP contribution in [-0.4, -0.2) is 68.2 Å². The van der Waals surface area contributed by atoms with Crippen molar-refractivity contribution in [3.05, 3.63) is 161 Å². The Morgan fingerprint density at radius 2 is 1.56 bits per heavy atom. The number of ether oxygens (including phenoxy) is 2. The summed E-state index contributed by atoms with van der Waals surface area (Å²) in [5.41, 5.74) is 9.81. The highest BCUT2D eigenvalue weighted by Gasteiger charge is 2.45. The summed E-state index contributed by atoms with van der Waals surface area (Å²) in [5, 5.41) is 4.05. The fourth-order valence-electron chi connectivity index (χ4n) is 11.6.